The average Bonchev–Trinajstić information content (AvgIpc) is 3.31. The van der Waals surface area contributed by atoms with Crippen molar-refractivity contribution in [3.63, 3.8) is 0 Å². The molecule has 1 N–H and O–H groups in total. The normalized spacial score (nSPS) is 25.6. The molecule has 30 heavy (non-hydrogen) atoms. The molecule has 0 radical (unpaired) electrons. The molecule has 1 saturated heterocycles. The van der Waals surface area contributed by atoms with Gasteiger partial charge in [-0.15, -0.1) is 0 Å². The van der Waals surface area contributed by atoms with Crippen molar-refractivity contribution in [3.05, 3.63) is 51.7 Å². The quantitative estimate of drug-likeness (QED) is 0.591. The van der Waals surface area contributed by atoms with Crippen molar-refractivity contribution in [1.82, 2.24) is 24.9 Å². The van der Waals surface area contributed by atoms with Gasteiger partial charge in [-0.3, -0.25) is 14.5 Å². The minimum atomic E-state index is -0.637. The van der Waals surface area contributed by atoms with Gasteiger partial charge in [-0.05, 0) is 29.5 Å². The molecule has 158 valence electrons. The maximum absolute atomic E-state index is 13.5. The van der Waals surface area contributed by atoms with Gasteiger partial charge in [0, 0.05) is 30.7 Å². The number of imidazole rings is 1. The van der Waals surface area contributed by atoms with Crippen molar-refractivity contribution >= 4 is 11.7 Å². The summed E-state index contributed by atoms with van der Waals surface area (Å²) in [6, 6.07) is 3.63. The number of halogens is 2. The standard InChI is InChI=1S/C18H19F2N7O3/c1-18(10-25-8-15(27(28)29)22-17(25)30-18)9-24-2-3-26-14(7-24)21-16(23-26)11-4-12(19)6-13(20)5-11/h4-6,8,16,23H,2-3,7,9-10H2,1H3/t16?,18-/m0/s1. The van der Waals surface area contributed by atoms with Crippen LogP contribution in [0.25, 0.3) is 0 Å². The molecule has 0 aliphatic carbocycles. The highest BCUT2D eigenvalue weighted by Gasteiger charge is 2.43. The lowest BCUT2D eigenvalue weighted by molar-refractivity contribution is -0.389. The molecule has 1 aromatic carbocycles. The third-order valence-electron chi connectivity index (χ3n) is 5.39. The zero-order valence-electron chi connectivity index (χ0n) is 16.1. The molecule has 0 spiro atoms. The summed E-state index contributed by atoms with van der Waals surface area (Å²) in [5.74, 6) is -0.720. The Kier molecular flexibility index (Phi) is 4.22. The van der Waals surface area contributed by atoms with Gasteiger partial charge >= 0.3 is 11.8 Å². The van der Waals surface area contributed by atoms with E-state index in [1.165, 1.54) is 18.3 Å². The van der Waals surface area contributed by atoms with Crippen LogP contribution >= 0.6 is 0 Å². The number of hydrazine groups is 1. The summed E-state index contributed by atoms with van der Waals surface area (Å²) in [4.78, 5) is 21.0. The van der Waals surface area contributed by atoms with E-state index < -0.39 is 28.3 Å². The third kappa shape index (κ3) is 3.37. The Balaban J connectivity index is 1.26. The fraction of sp³-hybridized carbons (Fsp3) is 0.444. The van der Waals surface area contributed by atoms with E-state index in [1.54, 1.807) is 4.57 Å². The molecule has 10 nitrogen and oxygen atoms in total. The van der Waals surface area contributed by atoms with Gasteiger partial charge in [-0.2, -0.15) is 0 Å². The minimum Gasteiger partial charge on any atom is -0.436 e. The fourth-order valence-corrected chi connectivity index (χ4v) is 4.16. The molecule has 1 fully saturated rings. The molecule has 1 aromatic heterocycles. The number of fused-ring (bicyclic) bond motifs is 2. The van der Waals surface area contributed by atoms with Crippen LogP contribution in [0, 0.1) is 21.7 Å². The lowest BCUT2D eigenvalue weighted by Crippen LogP contribution is -2.56. The van der Waals surface area contributed by atoms with Gasteiger partial charge in [0.05, 0.1) is 13.1 Å². The summed E-state index contributed by atoms with van der Waals surface area (Å²) in [6.07, 6.45) is 0.848. The third-order valence-corrected chi connectivity index (χ3v) is 5.39. The van der Waals surface area contributed by atoms with Gasteiger partial charge in [-0.25, -0.2) is 19.2 Å². The summed E-state index contributed by atoms with van der Waals surface area (Å²) in [5, 5.41) is 12.8. The number of hydrogen-bond donors (Lipinski definition) is 1. The Bertz CT molecular complexity index is 1010. The highest BCUT2D eigenvalue weighted by atomic mass is 19.1. The molecule has 2 atom stereocenters. The topological polar surface area (TPSA) is 101 Å². The largest absolute Gasteiger partial charge is 0.436 e. The SMILES string of the molecule is C[C@]1(CN2CCN3NC(c4cc(F)cc(F)c4)N=C3C2)Cn2cc([N+](=O)[O-])nc2O1. The Hall–Kier alpha value is -3.12. The van der Waals surface area contributed by atoms with Crippen molar-refractivity contribution < 1.29 is 18.4 Å². The average molecular weight is 419 g/mol. The molecule has 3 aliphatic rings. The first-order chi connectivity index (χ1) is 14.3. The number of nitro groups is 1. The maximum Gasteiger partial charge on any atom is 0.415 e. The smallest absolute Gasteiger partial charge is 0.415 e. The van der Waals surface area contributed by atoms with Gasteiger partial charge in [0.1, 0.15) is 35.4 Å². The fourth-order valence-electron chi connectivity index (χ4n) is 4.16. The maximum atomic E-state index is 13.5. The summed E-state index contributed by atoms with van der Waals surface area (Å²) < 4.78 is 34.6. The number of amidine groups is 1. The zero-order chi connectivity index (χ0) is 21.0. The molecular weight excluding hydrogens is 400 g/mol. The molecule has 0 bridgehead atoms. The first kappa shape index (κ1) is 18.9. The van der Waals surface area contributed by atoms with E-state index in [1.807, 2.05) is 11.9 Å². The number of aliphatic imine (C=N–C) groups is 1. The number of aromatic nitrogens is 2. The lowest BCUT2D eigenvalue weighted by atomic mass is 10.1. The van der Waals surface area contributed by atoms with Crippen molar-refractivity contribution in [2.45, 2.75) is 25.2 Å². The number of ether oxygens (including phenoxy) is 1. The Morgan fingerprint density at radius 3 is 2.80 bits per heavy atom. The number of hydrogen-bond acceptors (Lipinski definition) is 8. The molecular formula is C18H19F2N7O3. The number of benzene rings is 1. The van der Waals surface area contributed by atoms with Crippen molar-refractivity contribution in [3.8, 4) is 6.01 Å². The Labute approximate surface area is 169 Å². The predicted octanol–water partition coefficient (Wildman–Crippen LogP) is 1.45. The van der Waals surface area contributed by atoms with Gasteiger partial charge in [0.15, 0.2) is 0 Å². The van der Waals surface area contributed by atoms with Crippen LogP contribution in [-0.4, -0.2) is 62.0 Å². The molecule has 12 heteroatoms. The second-order valence-electron chi connectivity index (χ2n) is 7.96. The Morgan fingerprint density at radius 1 is 1.33 bits per heavy atom. The predicted molar refractivity (Wildman–Crippen MR) is 101 cm³/mol. The van der Waals surface area contributed by atoms with Crippen LogP contribution in [0.2, 0.25) is 0 Å². The van der Waals surface area contributed by atoms with E-state index >= 15 is 0 Å². The van der Waals surface area contributed by atoms with E-state index in [9.17, 15) is 18.9 Å². The first-order valence-electron chi connectivity index (χ1n) is 9.47. The lowest BCUT2D eigenvalue weighted by Gasteiger charge is -2.37. The molecule has 5 rings (SSSR count). The van der Waals surface area contributed by atoms with Gasteiger partial charge in [0.25, 0.3) is 0 Å². The van der Waals surface area contributed by atoms with Crippen LogP contribution in [0.15, 0.2) is 29.4 Å². The van der Waals surface area contributed by atoms with E-state index in [0.717, 1.165) is 18.4 Å². The van der Waals surface area contributed by atoms with E-state index in [-0.39, 0.29) is 11.8 Å². The number of nitrogens with one attached hydrogen (secondary N) is 1. The van der Waals surface area contributed by atoms with Crippen LogP contribution in [0.3, 0.4) is 0 Å². The zero-order valence-corrected chi connectivity index (χ0v) is 16.1. The van der Waals surface area contributed by atoms with Crippen molar-refractivity contribution in [2.75, 3.05) is 26.2 Å². The van der Waals surface area contributed by atoms with E-state index in [4.69, 9.17) is 4.74 Å². The van der Waals surface area contributed by atoms with Crippen LogP contribution in [0.4, 0.5) is 14.6 Å². The molecule has 1 unspecified atom stereocenters. The highest BCUT2D eigenvalue weighted by molar-refractivity contribution is 5.86. The van der Waals surface area contributed by atoms with Crippen LogP contribution in [0.5, 0.6) is 6.01 Å². The van der Waals surface area contributed by atoms with Gasteiger partial charge in [0.2, 0.25) is 0 Å². The molecule has 3 aliphatic heterocycles. The summed E-state index contributed by atoms with van der Waals surface area (Å²) in [7, 11) is 0. The number of rotatable bonds is 4. The van der Waals surface area contributed by atoms with Crippen LogP contribution in [0.1, 0.15) is 18.7 Å². The molecule has 0 saturated carbocycles. The summed E-state index contributed by atoms with van der Waals surface area (Å²) in [6.45, 7) is 4.90. The van der Waals surface area contributed by atoms with Gasteiger partial charge in [-0.1, -0.05) is 0 Å². The van der Waals surface area contributed by atoms with Crippen LogP contribution in [-0.2, 0) is 6.54 Å². The van der Waals surface area contributed by atoms with Crippen molar-refractivity contribution in [1.29, 1.82) is 0 Å². The van der Waals surface area contributed by atoms with E-state index in [2.05, 4.69) is 20.3 Å². The highest BCUT2D eigenvalue weighted by Crippen LogP contribution is 2.32. The van der Waals surface area contributed by atoms with Gasteiger partial charge < -0.3 is 14.9 Å². The second kappa shape index (κ2) is 6.71. The van der Waals surface area contributed by atoms with Crippen molar-refractivity contribution in [2.24, 2.45) is 4.99 Å². The number of piperazine rings is 1. The first-order valence-corrected chi connectivity index (χ1v) is 9.47. The second-order valence-corrected chi connectivity index (χ2v) is 7.96. The van der Waals surface area contributed by atoms with E-state index in [0.29, 0.717) is 31.7 Å². The van der Waals surface area contributed by atoms with Crippen LogP contribution < -0.4 is 10.2 Å². The molecule has 0 amide bonds. The molecule has 2 aromatic rings. The summed E-state index contributed by atoms with van der Waals surface area (Å²) in [5.41, 5.74) is 3.03. The molecule has 4 heterocycles. The Morgan fingerprint density at radius 2 is 2.10 bits per heavy atom. The monoisotopic (exact) mass is 419 g/mol. The minimum absolute atomic E-state index is 0.230. The number of nitrogens with zero attached hydrogens (tertiary/aromatic N) is 6. The summed E-state index contributed by atoms with van der Waals surface area (Å²) >= 11 is 0.